The monoisotopic (exact) mass is 262 g/mol. The lowest BCUT2D eigenvalue weighted by Gasteiger charge is -2.05. The van der Waals surface area contributed by atoms with Crippen LogP contribution in [-0.2, 0) is 0 Å². The quantitative estimate of drug-likeness (QED) is 0.309. The molecule has 1 aromatic carbocycles. The summed E-state index contributed by atoms with van der Waals surface area (Å²) in [5, 5.41) is 30.1. The Morgan fingerprint density at radius 2 is 2.37 bits per heavy atom. The SMILES string of the molecule is COc1ccc([N+](=O)[O-])c(N/N=C(\C#N)C(=N)N)c1. The zero-order valence-corrected chi connectivity index (χ0v) is 9.88. The largest absolute Gasteiger partial charge is 0.497 e. The van der Waals surface area contributed by atoms with E-state index in [1.807, 2.05) is 0 Å². The molecule has 1 aromatic rings. The summed E-state index contributed by atoms with van der Waals surface area (Å²) in [6, 6.07) is 5.58. The highest BCUT2D eigenvalue weighted by atomic mass is 16.6. The van der Waals surface area contributed by atoms with Crippen molar-refractivity contribution in [3.05, 3.63) is 28.3 Å². The van der Waals surface area contributed by atoms with Crippen LogP contribution in [0.4, 0.5) is 11.4 Å². The standard InChI is InChI=1S/C10H10N6O3/c1-19-6-2-3-9(16(17)18)7(4-6)14-15-8(5-11)10(12)13/h2-4,14H,1H3,(H3,12,13)/b15-8+. The summed E-state index contributed by atoms with van der Waals surface area (Å²) in [5.41, 5.74) is 6.82. The minimum absolute atomic E-state index is 0.0263. The Kier molecular flexibility index (Phi) is 4.37. The Morgan fingerprint density at radius 3 is 2.84 bits per heavy atom. The van der Waals surface area contributed by atoms with E-state index in [4.69, 9.17) is 21.1 Å². The highest BCUT2D eigenvalue weighted by Crippen LogP contribution is 2.28. The maximum absolute atomic E-state index is 10.8. The lowest BCUT2D eigenvalue weighted by atomic mass is 10.2. The molecule has 0 heterocycles. The van der Waals surface area contributed by atoms with Crippen molar-refractivity contribution in [2.24, 2.45) is 10.8 Å². The van der Waals surface area contributed by atoms with Crippen LogP contribution in [-0.4, -0.2) is 23.6 Å². The molecular weight excluding hydrogens is 252 g/mol. The van der Waals surface area contributed by atoms with Crippen LogP contribution in [0, 0.1) is 26.9 Å². The van der Waals surface area contributed by atoms with Crippen molar-refractivity contribution in [2.75, 3.05) is 12.5 Å². The summed E-state index contributed by atoms with van der Waals surface area (Å²) in [6.45, 7) is 0. The predicted molar refractivity (Wildman–Crippen MR) is 68.2 cm³/mol. The number of nitrogens with zero attached hydrogens (tertiary/aromatic N) is 3. The van der Waals surface area contributed by atoms with E-state index in [1.54, 1.807) is 6.07 Å². The molecule has 9 nitrogen and oxygen atoms in total. The van der Waals surface area contributed by atoms with Crippen LogP contribution in [0.2, 0.25) is 0 Å². The van der Waals surface area contributed by atoms with Gasteiger partial charge in [0.05, 0.1) is 12.0 Å². The lowest BCUT2D eigenvalue weighted by Crippen LogP contribution is -2.21. The van der Waals surface area contributed by atoms with Crippen LogP contribution in [0.25, 0.3) is 0 Å². The number of amidine groups is 1. The highest BCUT2D eigenvalue weighted by Gasteiger charge is 2.14. The summed E-state index contributed by atoms with van der Waals surface area (Å²) in [4.78, 5) is 10.2. The third-order valence-electron chi connectivity index (χ3n) is 2.05. The molecule has 0 aliphatic carbocycles. The normalized spacial score (nSPS) is 10.4. The number of nitrogens with one attached hydrogen (secondary N) is 2. The van der Waals surface area contributed by atoms with Crippen LogP contribution in [0.1, 0.15) is 0 Å². The summed E-state index contributed by atoms with van der Waals surface area (Å²) in [5.74, 6) is -0.162. The van der Waals surface area contributed by atoms with Crippen LogP contribution < -0.4 is 15.9 Å². The van der Waals surface area contributed by atoms with Gasteiger partial charge in [-0.25, -0.2) is 0 Å². The zero-order valence-electron chi connectivity index (χ0n) is 9.88. The fourth-order valence-corrected chi connectivity index (χ4v) is 1.15. The molecule has 0 spiro atoms. The number of nitrogens with two attached hydrogens (primary N) is 1. The molecule has 98 valence electrons. The van der Waals surface area contributed by atoms with Crippen molar-refractivity contribution in [1.82, 2.24) is 0 Å². The number of nitro groups is 1. The molecule has 0 bridgehead atoms. The second-order valence-corrected chi connectivity index (χ2v) is 3.24. The average Bonchev–Trinajstić information content (AvgIpc) is 2.38. The number of methoxy groups -OCH3 is 1. The lowest BCUT2D eigenvalue weighted by molar-refractivity contribution is -0.384. The number of rotatable bonds is 5. The summed E-state index contributed by atoms with van der Waals surface area (Å²) in [6.07, 6.45) is 0. The molecule has 0 unspecified atom stereocenters. The van der Waals surface area contributed by atoms with Gasteiger partial charge in [0.25, 0.3) is 5.69 Å². The molecule has 4 N–H and O–H groups in total. The van der Waals surface area contributed by atoms with Gasteiger partial charge in [-0.3, -0.25) is 20.9 Å². The van der Waals surface area contributed by atoms with Crippen LogP contribution in [0.5, 0.6) is 5.75 Å². The molecule has 0 atom stereocenters. The molecule has 0 aromatic heterocycles. The van der Waals surface area contributed by atoms with Crippen molar-refractivity contribution < 1.29 is 9.66 Å². The van der Waals surface area contributed by atoms with Gasteiger partial charge in [-0.05, 0) is 6.07 Å². The maximum Gasteiger partial charge on any atom is 0.294 e. The van der Waals surface area contributed by atoms with E-state index in [-0.39, 0.29) is 17.1 Å². The van der Waals surface area contributed by atoms with E-state index < -0.39 is 10.8 Å². The minimum atomic E-state index is -0.614. The third kappa shape index (κ3) is 3.40. The number of nitro benzene ring substituents is 1. The predicted octanol–water partition coefficient (Wildman–Crippen LogP) is 0.831. The zero-order chi connectivity index (χ0) is 14.4. The first-order chi connectivity index (χ1) is 8.99. The smallest absolute Gasteiger partial charge is 0.294 e. The first-order valence-electron chi connectivity index (χ1n) is 4.90. The summed E-state index contributed by atoms with van der Waals surface area (Å²) >= 11 is 0. The molecule has 19 heavy (non-hydrogen) atoms. The van der Waals surface area contributed by atoms with E-state index in [9.17, 15) is 10.1 Å². The number of anilines is 1. The van der Waals surface area contributed by atoms with Gasteiger partial charge < -0.3 is 10.5 Å². The molecule has 0 saturated carbocycles. The Bertz CT molecular complexity index is 589. The van der Waals surface area contributed by atoms with Crippen molar-refractivity contribution >= 4 is 22.9 Å². The maximum atomic E-state index is 10.8. The molecule has 9 heteroatoms. The molecule has 0 saturated heterocycles. The van der Waals surface area contributed by atoms with E-state index in [1.165, 1.54) is 25.3 Å². The van der Waals surface area contributed by atoms with Crippen molar-refractivity contribution in [2.45, 2.75) is 0 Å². The van der Waals surface area contributed by atoms with E-state index >= 15 is 0 Å². The van der Waals surface area contributed by atoms with Gasteiger partial charge in [0, 0.05) is 12.1 Å². The Balaban J connectivity index is 3.15. The second kappa shape index (κ2) is 5.97. The van der Waals surface area contributed by atoms with Gasteiger partial charge in [-0.2, -0.15) is 10.4 Å². The summed E-state index contributed by atoms with van der Waals surface area (Å²) in [7, 11) is 1.41. The first kappa shape index (κ1) is 13.9. The van der Waals surface area contributed by atoms with Gasteiger partial charge in [0.2, 0.25) is 5.71 Å². The van der Waals surface area contributed by atoms with E-state index in [2.05, 4.69) is 10.5 Å². The highest BCUT2D eigenvalue weighted by molar-refractivity contribution is 6.45. The number of hydrogen-bond donors (Lipinski definition) is 3. The van der Waals surface area contributed by atoms with Crippen LogP contribution in [0.15, 0.2) is 23.3 Å². The Hall–Kier alpha value is -3.15. The summed E-state index contributed by atoms with van der Waals surface area (Å²) < 4.78 is 4.93. The fourth-order valence-electron chi connectivity index (χ4n) is 1.15. The number of hydrazone groups is 1. The van der Waals surface area contributed by atoms with Gasteiger partial charge in [-0.15, -0.1) is 0 Å². The van der Waals surface area contributed by atoms with Crippen LogP contribution in [0.3, 0.4) is 0 Å². The first-order valence-corrected chi connectivity index (χ1v) is 4.90. The molecule has 0 amide bonds. The van der Waals surface area contributed by atoms with Gasteiger partial charge in [0.1, 0.15) is 17.5 Å². The van der Waals surface area contributed by atoms with Gasteiger partial charge in [0.15, 0.2) is 5.84 Å². The third-order valence-corrected chi connectivity index (χ3v) is 2.05. The number of hydrogen-bond acceptors (Lipinski definition) is 7. The Labute approximate surface area is 107 Å². The number of benzene rings is 1. The Morgan fingerprint density at radius 1 is 1.68 bits per heavy atom. The average molecular weight is 262 g/mol. The van der Waals surface area contributed by atoms with Crippen molar-refractivity contribution in [3.8, 4) is 11.8 Å². The van der Waals surface area contributed by atoms with Gasteiger partial charge in [-0.1, -0.05) is 0 Å². The van der Waals surface area contributed by atoms with Crippen molar-refractivity contribution in [3.63, 3.8) is 0 Å². The molecule has 1 rings (SSSR count). The number of nitriles is 1. The topological polar surface area (TPSA) is 150 Å². The van der Waals surface area contributed by atoms with E-state index in [0.29, 0.717) is 5.75 Å². The fraction of sp³-hybridized carbons (Fsp3) is 0.100. The van der Waals surface area contributed by atoms with Gasteiger partial charge >= 0.3 is 0 Å². The molecule has 0 fully saturated rings. The molecule has 0 radical (unpaired) electrons. The molecule has 0 aliphatic rings. The van der Waals surface area contributed by atoms with E-state index in [0.717, 1.165) is 0 Å². The number of ether oxygens (including phenoxy) is 1. The minimum Gasteiger partial charge on any atom is -0.497 e. The second-order valence-electron chi connectivity index (χ2n) is 3.24. The van der Waals surface area contributed by atoms with Crippen molar-refractivity contribution in [1.29, 1.82) is 10.7 Å². The molecule has 0 aliphatic heterocycles. The van der Waals surface area contributed by atoms with Crippen LogP contribution >= 0.6 is 0 Å². The molecular formula is C10H10N6O3.